The van der Waals surface area contributed by atoms with E-state index < -0.39 is 0 Å². The number of benzene rings is 1. The zero-order valence-corrected chi connectivity index (χ0v) is 11.7. The highest BCUT2D eigenvalue weighted by Gasteiger charge is 2.32. The number of hydrogen-bond donors (Lipinski definition) is 1. The van der Waals surface area contributed by atoms with Crippen LogP contribution in [0.15, 0.2) is 18.2 Å². The van der Waals surface area contributed by atoms with Gasteiger partial charge in [0, 0.05) is 30.2 Å². The average Bonchev–Trinajstić information content (AvgIpc) is 2.79. The van der Waals surface area contributed by atoms with Crippen molar-refractivity contribution in [2.75, 3.05) is 7.05 Å². The molecule has 2 atom stereocenters. The second kappa shape index (κ2) is 5.88. The van der Waals surface area contributed by atoms with Crippen molar-refractivity contribution in [3.63, 3.8) is 0 Å². The summed E-state index contributed by atoms with van der Waals surface area (Å²) in [7, 11) is 1.66. The van der Waals surface area contributed by atoms with Gasteiger partial charge in [0.1, 0.15) is 5.82 Å². The maximum Gasteiger partial charge on any atom is 0.227 e. The van der Waals surface area contributed by atoms with Crippen LogP contribution in [-0.4, -0.2) is 23.9 Å². The molecule has 5 heteroatoms. The lowest BCUT2D eigenvalue weighted by molar-refractivity contribution is -0.134. The summed E-state index contributed by atoms with van der Waals surface area (Å²) in [4.78, 5) is 13.8. The van der Waals surface area contributed by atoms with Crippen LogP contribution in [0.5, 0.6) is 0 Å². The van der Waals surface area contributed by atoms with Gasteiger partial charge < -0.3 is 10.6 Å². The van der Waals surface area contributed by atoms with E-state index in [0.29, 0.717) is 10.6 Å². The van der Waals surface area contributed by atoms with Gasteiger partial charge in [0.15, 0.2) is 0 Å². The molecule has 1 fully saturated rings. The highest BCUT2D eigenvalue weighted by molar-refractivity contribution is 6.31. The van der Waals surface area contributed by atoms with Crippen LogP contribution in [0.2, 0.25) is 5.02 Å². The SMILES string of the molecule is CN(Cc1c(F)cccc1Cl)C(=O)C1CCCC1N. The Hall–Kier alpha value is -1.13. The Morgan fingerprint density at radius 1 is 1.53 bits per heavy atom. The van der Waals surface area contributed by atoms with Crippen molar-refractivity contribution in [2.24, 2.45) is 11.7 Å². The van der Waals surface area contributed by atoms with E-state index in [-0.39, 0.29) is 30.2 Å². The smallest absolute Gasteiger partial charge is 0.227 e. The Morgan fingerprint density at radius 3 is 2.84 bits per heavy atom. The Bertz CT molecular complexity index is 460. The predicted octanol–water partition coefficient (Wildman–Crippen LogP) is 2.56. The molecule has 0 spiro atoms. The first-order valence-electron chi connectivity index (χ1n) is 6.44. The zero-order chi connectivity index (χ0) is 14.0. The molecule has 0 saturated heterocycles. The molecule has 2 unspecified atom stereocenters. The summed E-state index contributed by atoms with van der Waals surface area (Å²) < 4.78 is 13.7. The number of rotatable bonds is 3. The van der Waals surface area contributed by atoms with Crippen LogP contribution in [0, 0.1) is 11.7 Å². The van der Waals surface area contributed by atoms with Crippen LogP contribution >= 0.6 is 11.6 Å². The van der Waals surface area contributed by atoms with Crippen LogP contribution in [0.4, 0.5) is 4.39 Å². The number of carbonyl (C=O) groups excluding carboxylic acids is 1. The fraction of sp³-hybridized carbons (Fsp3) is 0.500. The number of carbonyl (C=O) groups is 1. The summed E-state index contributed by atoms with van der Waals surface area (Å²) >= 11 is 5.96. The van der Waals surface area contributed by atoms with Crippen LogP contribution < -0.4 is 5.73 Å². The van der Waals surface area contributed by atoms with E-state index in [1.807, 2.05) is 0 Å². The van der Waals surface area contributed by atoms with Crippen molar-refractivity contribution in [2.45, 2.75) is 31.8 Å². The summed E-state index contributed by atoms with van der Waals surface area (Å²) in [6.07, 6.45) is 2.67. The molecule has 1 aliphatic carbocycles. The van der Waals surface area contributed by atoms with E-state index in [0.717, 1.165) is 19.3 Å². The van der Waals surface area contributed by atoms with E-state index in [2.05, 4.69) is 0 Å². The predicted molar refractivity (Wildman–Crippen MR) is 73.2 cm³/mol. The molecule has 19 heavy (non-hydrogen) atoms. The summed E-state index contributed by atoms with van der Waals surface area (Å²) in [6.45, 7) is 0.174. The Kier molecular flexibility index (Phi) is 4.42. The summed E-state index contributed by atoms with van der Waals surface area (Å²) in [6, 6.07) is 4.45. The van der Waals surface area contributed by atoms with Crippen molar-refractivity contribution >= 4 is 17.5 Å². The molecule has 0 radical (unpaired) electrons. The molecule has 3 nitrogen and oxygen atoms in total. The maximum absolute atomic E-state index is 13.7. The largest absolute Gasteiger partial charge is 0.341 e. The molecule has 1 aliphatic rings. The third-order valence-electron chi connectivity index (χ3n) is 3.72. The molecule has 1 aromatic carbocycles. The minimum Gasteiger partial charge on any atom is -0.341 e. The molecule has 1 saturated carbocycles. The van der Waals surface area contributed by atoms with E-state index in [9.17, 15) is 9.18 Å². The fourth-order valence-electron chi connectivity index (χ4n) is 2.58. The lowest BCUT2D eigenvalue weighted by Gasteiger charge is -2.24. The second-order valence-corrected chi connectivity index (χ2v) is 5.50. The van der Waals surface area contributed by atoms with Gasteiger partial charge in [0.2, 0.25) is 5.91 Å². The summed E-state index contributed by atoms with van der Waals surface area (Å²) in [5, 5.41) is 0.343. The van der Waals surface area contributed by atoms with Crippen molar-refractivity contribution in [1.29, 1.82) is 0 Å². The number of hydrogen-bond acceptors (Lipinski definition) is 2. The quantitative estimate of drug-likeness (QED) is 0.927. The van der Waals surface area contributed by atoms with Gasteiger partial charge in [-0.1, -0.05) is 24.1 Å². The van der Waals surface area contributed by atoms with Crippen LogP contribution in [0.3, 0.4) is 0 Å². The highest BCUT2D eigenvalue weighted by Crippen LogP contribution is 2.27. The number of nitrogens with zero attached hydrogens (tertiary/aromatic N) is 1. The molecule has 104 valence electrons. The van der Waals surface area contributed by atoms with Gasteiger partial charge in [-0.3, -0.25) is 4.79 Å². The third kappa shape index (κ3) is 3.07. The lowest BCUT2D eigenvalue weighted by Crippen LogP contribution is -2.39. The standard InChI is InChI=1S/C14H18ClFN2O/c1-18(14(19)9-4-2-7-13(9)17)8-10-11(15)5-3-6-12(10)16/h3,5-6,9,13H,2,4,7-8,17H2,1H3. The Labute approximate surface area is 117 Å². The second-order valence-electron chi connectivity index (χ2n) is 5.10. The molecule has 2 rings (SSSR count). The van der Waals surface area contributed by atoms with Gasteiger partial charge in [0.05, 0.1) is 5.92 Å². The first-order chi connectivity index (χ1) is 9.00. The zero-order valence-electron chi connectivity index (χ0n) is 10.9. The Balaban J connectivity index is 2.08. The lowest BCUT2D eigenvalue weighted by atomic mass is 10.0. The molecule has 0 heterocycles. The maximum atomic E-state index is 13.7. The normalized spacial score (nSPS) is 22.5. The number of amides is 1. The van der Waals surface area contributed by atoms with Gasteiger partial charge in [-0.25, -0.2) is 4.39 Å². The van der Waals surface area contributed by atoms with Gasteiger partial charge >= 0.3 is 0 Å². The molecule has 2 N–H and O–H groups in total. The van der Waals surface area contributed by atoms with E-state index in [4.69, 9.17) is 17.3 Å². The third-order valence-corrected chi connectivity index (χ3v) is 4.07. The minimum atomic E-state index is -0.386. The van der Waals surface area contributed by atoms with E-state index >= 15 is 0 Å². The number of nitrogens with two attached hydrogens (primary N) is 1. The Morgan fingerprint density at radius 2 is 2.26 bits per heavy atom. The average molecular weight is 285 g/mol. The molecule has 0 aliphatic heterocycles. The molecular formula is C14H18ClFN2O. The van der Waals surface area contributed by atoms with Crippen molar-refractivity contribution in [1.82, 2.24) is 4.90 Å². The van der Waals surface area contributed by atoms with Crippen LogP contribution in [0.25, 0.3) is 0 Å². The highest BCUT2D eigenvalue weighted by atomic mass is 35.5. The van der Waals surface area contributed by atoms with Crippen LogP contribution in [0.1, 0.15) is 24.8 Å². The van der Waals surface area contributed by atoms with E-state index in [1.165, 1.54) is 11.0 Å². The molecule has 1 aromatic rings. The van der Waals surface area contributed by atoms with Gasteiger partial charge in [-0.05, 0) is 25.0 Å². The van der Waals surface area contributed by atoms with Gasteiger partial charge in [-0.2, -0.15) is 0 Å². The molecule has 1 amide bonds. The summed E-state index contributed by atoms with van der Waals surface area (Å²) in [5.41, 5.74) is 6.28. The first-order valence-corrected chi connectivity index (χ1v) is 6.82. The van der Waals surface area contributed by atoms with Crippen molar-refractivity contribution < 1.29 is 9.18 Å². The fourth-order valence-corrected chi connectivity index (χ4v) is 2.80. The van der Waals surface area contributed by atoms with Crippen molar-refractivity contribution in [3.05, 3.63) is 34.6 Å². The molecule has 0 bridgehead atoms. The minimum absolute atomic E-state index is 0.0238. The number of halogens is 2. The van der Waals surface area contributed by atoms with Gasteiger partial charge in [0.25, 0.3) is 0 Å². The summed E-state index contributed by atoms with van der Waals surface area (Å²) in [5.74, 6) is -0.553. The monoisotopic (exact) mass is 284 g/mol. The van der Waals surface area contributed by atoms with Gasteiger partial charge in [-0.15, -0.1) is 0 Å². The first kappa shape index (κ1) is 14.3. The molecular weight excluding hydrogens is 267 g/mol. The molecule has 0 aromatic heterocycles. The van der Waals surface area contributed by atoms with Crippen LogP contribution in [-0.2, 0) is 11.3 Å². The van der Waals surface area contributed by atoms with E-state index in [1.54, 1.807) is 19.2 Å². The topological polar surface area (TPSA) is 46.3 Å². The van der Waals surface area contributed by atoms with Crippen molar-refractivity contribution in [3.8, 4) is 0 Å².